The molecule has 0 N–H and O–H groups in total. The van der Waals surface area contributed by atoms with E-state index in [1.165, 1.54) is 4.70 Å². The van der Waals surface area contributed by atoms with Crippen molar-refractivity contribution in [2.24, 2.45) is 0 Å². The second-order valence-corrected chi connectivity index (χ2v) is 6.59. The molecule has 1 atom stereocenters. The Bertz CT molecular complexity index is 768. The lowest BCUT2D eigenvalue weighted by atomic mass is 10.2. The van der Waals surface area contributed by atoms with Gasteiger partial charge in [0.15, 0.2) is 5.13 Å². The summed E-state index contributed by atoms with van der Waals surface area (Å²) in [7, 11) is 0. The molecule has 4 rings (SSSR count). The van der Waals surface area contributed by atoms with Gasteiger partial charge in [0.05, 0.1) is 16.8 Å². The number of benzene rings is 1. The number of pyridine rings is 1. The predicted molar refractivity (Wildman–Crippen MR) is 89.8 cm³/mol. The molecular formula is C17H17N3OS. The van der Waals surface area contributed by atoms with Gasteiger partial charge < -0.3 is 9.64 Å². The van der Waals surface area contributed by atoms with E-state index in [0.29, 0.717) is 0 Å². The van der Waals surface area contributed by atoms with Crippen molar-refractivity contribution in [3.8, 4) is 5.75 Å². The summed E-state index contributed by atoms with van der Waals surface area (Å²) in [6.45, 7) is 3.92. The summed E-state index contributed by atoms with van der Waals surface area (Å²) >= 11 is 1.76. The highest BCUT2D eigenvalue weighted by molar-refractivity contribution is 7.22. The summed E-state index contributed by atoms with van der Waals surface area (Å²) in [5.74, 6) is 0.936. The fraction of sp³-hybridized carbons (Fsp3) is 0.294. The Hall–Kier alpha value is -2.14. The summed E-state index contributed by atoms with van der Waals surface area (Å²) in [6, 6.07) is 10.2. The number of anilines is 1. The zero-order valence-corrected chi connectivity index (χ0v) is 13.2. The van der Waals surface area contributed by atoms with Crippen molar-refractivity contribution in [1.82, 2.24) is 9.97 Å². The average molecular weight is 311 g/mol. The fourth-order valence-electron chi connectivity index (χ4n) is 2.77. The monoisotopic (exact) mass is 311 g/mol. The van der Waals surface area contributed by atoms with E-state index < -0.39 is 0 Å². The zero-order valence-electron chi connectivity index (χ0n) is 12.4. The molecule has 0 saturated carbocycles. The van der Waals surface area contributed by atoms with Gasteiger partial charge in [-0.25, -0.2) is 4.98 Å². The maximum atomic E-state index is 6.13. The van der Waals surface area contributed by atoms with Crippen LogP contribution in [0.15, 0.2) is 42.7 Å². The largest absolute Gasteiger partial charge is 0.488 e. The molecule has 1 unspecified atom stereocenters. The summed E-state index contributed by atoms with van der Waals surface area (Å²) in [5, 5.41) is 1.10. The molecule has 112 valence electrons. The van der Waals surface area contributed by atoms with E-state index in [4.69, 9.17) is 9.72 Å². The van der Waals surface area contributed by atoms with Gasteiger partial charge in [-0.2, -0.15) is 0 Å². The van der Waals surface area contributed by atoms with Crippen molar-refractivity contribution in [2.75, 3.05) is 18.0 Å². The van der Waals surface area contributed by atoms with Crippen LogP contribution < -0.4 is 9.64 Å². The van der Waals surface area contributed by atoms with E-state index in [0.717, 1.165) is 41.5 Å². The lowest BCUT2D eigenvalue weighted by Crippen LogP contribution is -2.24. The Kier molecular flexibility index (Phi) is 3.42. The van der Waals surface area contributed by atoms with E-state index in [1.807, 2.05) is 25.3 Å². The van der Waals surface area contributed by atoms with Crippen LogP contribution in [-0.2, 0) is 0 Å². The van der Waals surface area contributed by atoms with E-state index in [-0.39, 0.29) is 6.10 Å². The number of hydrogen-bond donors (Lipinski definition) is 0. The third kappa shape index (κ3) is 2.52. The van der Waals surface area contributed by atoms with Crippen LogP contribution in [0.3, 0.4) is 0 Å². The van der Waals surface area contributed by atoms with Crippen molar-refractivity contribution in [3.05, 3.63) is 48.3 Å². The number of fused-ring (bicyclic) bond motifs is 1. The summed E-state index contributed by atoms with van der Waals surface area (Å²) < 4.78 is 7.37. The Labute approximate surface area is 133 Å². The maximum absolute atomic E-state index is 6.13. The van der Waals surface area contributed by atoms with Gasteiger partial charge in [-0.3, -0.25) is 4.98 Å². The first-order chi connectivity index (χ1) is 10.8. The van der Waals surface area contributed by atoms with Gasteiger partial charge in [-0.15, -0.1) is 0 Å². The molecule has 1 saturated heterocycles. The number of thiazole rings is 1. The second-order valence-electron chi connectivity index (χ2n) is 5.58. The minimum absolute atomic E-state index is 0.216. The van der Waals surface area contributed by atoms with Crippen molar-refractivity contribution in [1.29, 1.82) is 0 Å². The molecule has 1 fully saturated rings. The van der Waals surface area contributed by atoms with E-state index in [9.17, 15) is 0 Å². The van der Waals surface area contributed by atoms with Crippen LogP contribution in [0.25, 0.3) is 10.2 Å². The number of para-hydroxylation sites is 1. The van der Waals surface area contributed by atoms with Gasteiger partial charge >= 0.3 is 0 Å². The van der Waals surface area contributed by atoms with Gasteiger partial charge in [0.1, 0.15) is 11.9 Å². The molecule has 1 aromatic carbocycles. The molecule has 0 radical (unpaired) electrons. The molecule has 2 aromatic heterocycles. The highest BCUT2D eigenvalue weighted by Gasteiger charge is 2.26. The molecule has 5 heteroatoms. The van der Waals surface area contributed by atoms with Crippen LogP contribution in [0.2, 0.25) is 0 Å². The van der Waals surface area contributed by atoms with Gasteiger partial charge in [0, 0.05) is 30.9 Å². The summed E-state index contributed by atoms with van der Waals surface area (Å²) in [6.07, 6.45) is 4.86. The van der Waals surface area contributed by atoms with Gasteiger partial charge in [0.2, 0.25) is 0 Å². The first kappa shape index (κ1) is 13.5. The molecule has 0 aliphatic carbocycles. The zero-order chi connectivity index (χ0) is 14.9. The molecule has 3 heterocycles. The molecule has 0 amide bonds. The van der Waals surface area contributed by atoms with E-state index in [2.05, 4.69) is 28.1 Å². The number of aromatic nitrogens is 2. The maximum Gasteiger partial charge on any atom is 0.186 e. The second kappa shape index (κ2) is 5.57. The highest BCUT2D eigenvalue weighted by atomic mass is 32.1. The molecular weight excluding hydrogens is 294 g/mol. The van der Waals surface area contributed by atoms with Gasteiger partial charge in [-0.05, 0) is 25.1 Å². The first-order valence-electron chi connectivity index (χ1n) is 7.47. The van der Waals surface area contributed by atoms with Gasteiger partial charge in [-0.1, -0.05) is 23.5 Å². The minimum atomic E-state index is 0.216. The Morgan fingerprint density at radius 3 is 3.05 bits per heavy atom. The van der Waals surface area contributed by atoms with Crippen LogP contribution in [0.1, 0.15) is 12.0 Å². The Morgan fingerprint density at radius 1 is 1.27 bits per heavy atom. The topological polar surface area (TPSA) is 38.2 Å². The van der Waals surface area contributed by atoms with Crippen molar-refractivity contribution in [2.45, 2.75) is 19.4 Å². The lowest BCUT2D eigenvalue weighted by Gasteiger charge is -2.17. The van der Waals surface area contributed by atoms with Crippen molar-refractivity contribution >= 4 is 26.7 Å². The smallest absolute Gasteiger partial charge is 0.186 e. The number of ether oxygens (including phenoxy) is 1. The molecule has 22 heavy (non-hydrogen) atoms. The normalized spacial score (nSPS) is 18.0. The fourth-order valence-corrected chi connectivity index (χ4v) is 3.77. The van der Waals surface area contributed by atoms with E-state index >= 15 is 0 Å². The van der Waals surface area contributed by atoms with Crippen LogP contribution in [0, 0.1) is 6.92 Å². The van der Waals surface area contributed by atoms with Crippen molar-refractivity contribution in [3.63, 3.8) is 0 Å². The summed E-state index contributed by atoms with van der Waals surface area (Å²) in [4.78, 5) is 11.2. The van der Waals surface area contributed by atoms with Crippen LogP contribution in [0.5, 0.6) is 5.75 Å². The molecule has 1 aliphatic heterocycles. The van der Waals surface area contributed by atoms with Gasteiger partial charge in [0.25, 0.3) is 0 Å². The Morgan fingerprint density at radius 2 is 2.18 bits per heavy atom. The van der Waals surface area contributed by atoms with Crippen LogP contribution >= 0.6 is 11.3 Å². The van der Waals surface area contributed by atoms with E-state index in [1.54, 1.807) is 17.5 Å². The number of hydrogen-bond acceptors (Lipinski definition) is 5. The standard InChI is InChI=1S/C17H17N3OS/c1-12-10-18-8-6-15(12)21-13-7-9-20(11-13)17-19-14-4-2-3-5-16(14)22-17/h2-6,8,10,13H,7,9,11H2,1H3. The minimum Gasteiger partial charge on any atom is -0.488 e. The number of nitrogens with zero attached hydrogens (tertiary/aromatic N) is 3. The summed E-state index contributed by atoms with van der Waals surface area (Å²) in [5.41, 5.74) is 2.16. The molecule has 0 spiro atoms. The molecule has 4 nitrogen and oxygen atoms in total. The molecule has 3 aromatic rings. The predicted octanol–water partition coefficient (Wildman–Crippen LogP) is 3.66. The third-order valence-corrected chi connectivity index (χ3v) is 5.06. The third-order valence-electron chi connectivity index (χ3n) is 3.96. The average Bonchev–Trinajstić information content (AvgIpc) is 3.15. The lowest BCUT2D eigenvalue weighted by molar-refractivity contribution is 0.223. The Balaban J connectivity index is 1.49. The molecule has 1 aliphatic rings. The first-order valence-corrected chi connectivity index (χ1v) is 8.29. The quantitative estimate of drug-likeness (QED) is 0.740. The van der Waals surface area contributed by atoms with Crippen LogP contribution in [0.4, 0.5) is 5.13 Å². The van der Waals surface area contributed by atoms with Crippen LogP contribution in [-0.4, -0.2) is 29.2 Å². The molecule has 0 bridgehead atoms. The number of aryl methyl sites for hydroxylation is 1. The highest BCUT2D eigenvalue weighted by Crippen LogP contribution is 2.31. The van der Waals surface area contributed by atoms with Crippen molar-refractivity contribution < 1.29 is 4.74 Å². The SMILES string of the molecule is Cc1cnccc1OC1CCN(c2nc3ccccc3s2)C1. The number of rotatable bonds is 3.